The second kappa shape index (κ2) is 13.3. The molecule has 216 valence electrons. The van der Waals surface area contributed by atoms with Gasteiger partial charge in [-0.05, 0) is 29.7 Å². The maximum absolute atomic E-state index is 13.9. The fraction of sp³-hybridized carbons (Fsp3) is 0.367. The molecule has 40 heavy (non-hydrogen) atoms. The molecule has 2 fully saturated rings. The van der Waals surface area contributed by atoms with E-state index in [-0.39, 0.29) is 43.0 Å². The Bertz CT molecular complexity index is 1200. The van der Waals surface area contributed by atoms with E-state index in [0.717, 1.165) is 17.2 Å². The number of nitrogens with zero attached hydrogens (tertiary/aromatic N) is 3. The molecule has 0 saturated carbocycles. The quantitative estimate of drug-likeness (QED) is 0.405. The van der Waals surface area contributed by atoms with Crippen molar-refractivity contribution in [1.29, 1.82) is 0 Å². The van der Waals surface area contributed by atoms with Crippen LogP contribution in [0.15, 0.2) is 84.9 Å². The third-order valence-corrected chi connectivity index (χ3v) is 7.76. The maximum atomic E-state index is 13.9. The second-order valence-corrected chi connectivity index (χ2v) is 10.1. The van der Waals surface area contributed by atoms with E-state index in [1.807, 2.05) is 60.7 Å². The summed E-state index contributed by atoms with van der Waals surface area (Å²) in [4.78, 5) is 19.4. The number of carbonyl (C=O) groups is 1. The lowest BCUT2D eigenvalue weighted by Gasteiger charge is -2.38. The average Bonchev–Trinajstić information content (AvgIpc) is 3.26. The summed E-state index contributed by atoms with van der Waals surface area (Å²) in [6.45, 7) is 3.08. The van der Waals surface area contributed by atoms with Crippen LogP contribution in [-0.4, -0.2) is 72.7 Å². The number of rotatable bonds is 7. The minimum absolute atomic E-state index is 0. The molecular weight excluding hydrogens is 562 g/mol. The third kappa shape index (κ3) is 6.41. The van der Waals surface area contributed by atoms with E-state index in [2.05, 4.69) is 4.90 Å². The van der Waals surface area contributed by atoms with Crippen LogP contribution in [0.25, 0.3) is 0 Å². The Labute approximate surface area is 245 Å². The number of alkyl halides is 3. The van der Waals surface area contributed by atoms with Gasteiger partial charge in [-0.3, -0.25) is 9.69 Å². The SMILES string of the molecule is Cl.Cl.O=C1N(CC(O)CN2CCN(c3ccccc3C(F)(F)F)CC2)CCC1(c1ccccc1)c1ccccc1. The predicted molar refractivity (Wildman–Crippen MR) is 155 cm³/mol. The molecule has 10 heteroatoms. The zero-order chi connectivity index (χ0) is 26.8. The molecule has 1 amide bonds. The highest BCUT2D eigenvalue weighted by Gasteiger charge is 2.49. The molecule has 0 aliphatic carbocycles. The van der Waals surface area contributed by atoms with E-state index in [1.54, 1.807) is 15.9 Å². The van der Waals surface area contributed by atoms with Crippen molar-refractivity contribution in [3.63, 3.8) is 0 Å². The number of para-hydroxylation sites is 1. The zero-order valence-electron chi connectivity index (χ0n) is 22.0. The minimum Gasteiger partial charge on any atom is -0.390 e. The van der Waals surface area contributed by atoms with E-state index in [9.17, 15) is 23.1 Å². The topological polar surface area (TPSA) is 47.0 Å². The van der Waals surface area contributed by atoms with E-state index in [1.165, 1.54) is 12.1 Å². The van der Waals surface area contributed by atoms with Crippen LogP contribution in [0.3, 0.4) is 0 Å². The van der Waals surface area contributed by atoms with Gasteiger partial charge < -0.3 is 14.9 Å². The molecule has 2 saturated heterocycles. The summed E-state index contributed by atoms with van der Waals surface area (Å²) in [6.07, 6.45) is -4.53. The Balaban J connectivity index is 0.00000220. The van der Waals surface area contributed by atoms with Crippen LogP contribution in [0.4, 0.5) is 18.9 Å². The van der Waals surface area contributed by atoms with Crippen LogP contribution in [0.2, 0.25) is 0 Å². The van der Waals surface area contributed by atoms with Crippen LogP contribution in [0.1, 0.15) is 23.1 Å². The Morgan fingerprint density at radius 3 is 1.82 bits per heavy atom. The van der Waals surface area contributed by atoms with Crippen LogP contribution >= 0.6 is 24.8 Å². The fourth-order valence-corrected chi connectivity index (χ4v) is 5.87. The highest BCUT2D eigenvalue weighted by Crippen LogP contribution is 2.42. The van der Waals surface area contributed by atoms with E-state index in [0.29, 0.717) is 45.7 Å². The number of hydrogen-bond donors (Lipinski definition) is 1. The third-order valence-electron chi connectivity index (χ3n) is 7.76. The molecule has 3 aromatic rings. The first kappa shape index (κ1) is 31.7. The Morgan fingerprint density at radius 1 is 0.750 bits per heavy atom. The van der Waals surface area contributed by atoms with Gasteiger partial charge in [-0.2, -0.15) is 13.2 Å². The van der Waals surface area contributed by atoms with Gasteiger partial charge in [-0.15, -0.1) is 24.8 Å². The maximum Gasteiger partial charge on any atom is 0.418 e. The number of anilines is 1. The van der Waals surface area contributed by atoms with E-state index >= 15 is 0 Å². The van der Waals surface area contributed by atoms with Gasteiger partial charge in [0.1, 0.15) is 5.41 Å². The van der Waals surface area contributed by atoms with E-state index in [4.69, 9.17) is 0 Å². The number of β-amino-alcohol motifs (C(OH)–C–C–N with tert-alkyl or cyclic N) is 1. The van der Waals surface area contributed by atoms with Crippen molar-refractivity contribution in [3.05, 3.63) is 102 Å². The number of aliphatic hydroxyl groups is 1. The van der Waals surface area contributed by atoms with Crippen LogP contribution in [-0.2, 0) is 16.4 Å². The van der Waals surface area contributed by atoms with Crippen molar-refractivity contribution in [3.8, 4) is 0 Å². The summed E-state index contributed by atoms with van der Waals surface area (Å²) in [6, 6.07) is 25.2. The van der Waals surface area contributed by atoms with Gasteiger partial charge in [0.25, 0.3) is 0 Å². The van der Waals surface area contributed by atoms with E-state index < -0.39 is 23.3 Å². The number of carbonyl (C=O) groups excluding carboxylic acids is 1. The molecule has 1 N–H and O–H groups in total. The molecule has 2 heterocycles. The number of piperazine rings is 1. The molecule has 5 rings (SSSR count). The lowest BCUT2D eigenvalue weighted by atomic mass is 9.73. The van der Waals surface area contributed by atoms with Gasteiger partial charge in [0.15, 0.2) is 0 Å². The van der Waals surface area contributed by atoms with Gasteiger partial charge in [-0.25, -0.2) is 0 Å². The van der Waals surface area contributed by atoms with Gasteiger partial charge in [0.2, 0.25) is 5.91 Å². The smallest absolute Gasteiger partial charge is 0.390 e. The number of aliphatic hydroxyl groups excluding tert-OH is 1. The Hall–Kier alpha value is -2.78. The number of hydrogen-bond acceptors (Lipinski definition) is 4. The molecule has 1 atom stereocenters. The van der Waals surface area contributed by atoms with Crippen molar-refractivity contribution in [2.75, 3.05) is 50.7 Å². The molecule has 5 nitrogen and oxygen atoms in total. The Morgan fingerprint density at radius 2 is 1.27 bits per heavy atom. The lowest BCUT2D eigenvalue weighted by Crippen LogP contribution is -2.51. The summed E-state index contributed by atoms with van der Waals surface area (Å²) in [5.74, 6) is -0.0115. The Kier molecular flexibility index (Phi) is 10.5. The largest absolute Gasteiger partial charge is 0.418 e. The number of benzene rings is 3. The standard InChI is InChI=1S/C30H32F3N3O2.2ClH/c31-30(32,33)26-13-7-8-14-27(26)35-19-17-34(18-20-35)21-25(37)22-36-16-15-29(28(36)38,23-9-3-1-4-10-23)24-11-5-2-6-12-24;;/h1-14,25,37H,15-22H2;2*1H. The van der Waals surface area contributed by atoms with Gasteiger partial charge in [0.05, 0.1) is 11.7 Å². The first-order chi connectivity index (χ1) is 18.3. The average molecular weight is 597 g/mol. The first-order valence-electron chi connectivity index (χ1n) is 13.0. The van der Waals surface area contributed by atoms with Crippen molar-refractivity contribution >= 4 is 36.4 Å². The number of likely N-dealkylation sites (tertiary alicyclic amines) is 1. The second-order valence-electron chi connectivity index (χ2n) is 10.1. The van der Waals surface area contributed by atoms with Gasteiger partial charge in [0, 0.05) is 51.5 Å². The summed E-state index contributed by atoms with van der Waals surface area (Å²) in [7, 11) is 0. The lowest BCUT2D eigenvalue weighted by molar-refractivity contribution is -0.137. The molecule has 0 spiro atoms. The molecular formula is C30H34Cl2F3N3O2. The van der Waals surface area contributed by atoms with Gasteiger partial charge >= 0.3 is 6.18 Å². The van der Waals surface area contributed by atoms with Gasteiger partial charge in [-0.1, -0.05) is 72.8 Å². The minimum atomic E-state index is -4.40. The number of amides is 1. The summed E-state index contributed by atoms with van der Waals surface area (Å²) >= 11 is 0. The van der Waals surface area contributed by atoms with Crippen molar-refractivity contribution in [2.24, 2.45) is 0 Å². The molecule has 0 bridgehead atoms. The molecule has 3 aromatic carbocycles. The summed E-state index contributed by atoms with van der Waals surface area (Å²) in [5, 5.41) is 10.9. The van der Waals surface area contributed by atoms with Crippen LogP contribution < -0.4 is 4.90 Å². The molecule has 2 aliphatic heterocycles. The highest BCUT2D eigenvalue weighted by molar-refractivity contribution is 5.94. The molecule has 2 aliphatic rings. The number of halogens is 5. The predicted octanol–water partition coefficient (Wildman–Crippen LogP) is 5.25. The monoisotopic (exact) mass is 595 g/mol. The van der Waals surface area contributed by atoms with Crippen LogP contribution in [0, 0.1) is 0 Å². The normalized spacial score (nSPS) is 18.1. The molecule has 1 unspecified atom stereocenters. The van der Waals surface area contributed by atoms with Crippen molar-refractivity contribution in [1.82, 2.24) is 9.80 Å². The molecule has 0 radical (unpaired) electrons. The first-order valence-corrected chi connectivity index (χ1v) is 13.0. The zero-order valence-corrected chi connectivity index (χ0v) is 23.6. The highest BCUT2D eigenvalue weighted by atomic mass is 35.5. The summed E-state index contributed by atoms with van der Waals surface area (Å²) < 4.78 is 40.3. The van der Waals surface area contributed by atoms with Crippen molar-refractivity contribution in [2.45, 2.75) is 24.1 Å². The molecule has 0 aromatic heterocycles. The summed E-state index contributed by atoms with van der Waals surface area (Å²) in [5.41, 5.74) is 0.689. The van der Waals surface area contributed by atoms with Crippen molar-refractivity contribution < 1.29 is 23.1 Å². The van der Waals surface area contributed by atoms with Crippen LogP contribution in [0.5, 0.6) is 0 Å². The fourth-order valence-electron chi connectivity index (χ4n) is 5.87.